The Morgan fingerprint density at radius 3 is 2.57 bits per heavy atom. The zero-order chi connectivity index (χ0) is 15.4. The Balaban J connectivity index is 1.87. The van der Waals surface area contributed by atoms with Crippen molar-refractivity contribution in [2.75, 3.05) is 0 Å². The van der Waals surface area contributed by atoms with Crippen LogP contribution in [0.5, 0.6) is 0 Å². The van der Waals surface area contributed by atoms with E-state index in [1.165, 1.54) is 6.07 Å². The Morgan fingerprint density at radius 1 is 1.38 bits per heavy atom. The highest BCUT2D eigenvalue weighted by Gasteiger charge is 2.25. The molecule has 6 nitrogen and oxygen atoms in total. The molecule has 1 aromatic rings. The molecule has 1 saturated carbocycles. The quantitative estimate of drug-likeness (QED) is 0.643. The zero-order valence-electron chi connectivity index (χ0n) is 12.0. The molecule has 2 rings (SSSR count). The summed E-state index contributed by atoms with van der Waals surface area (Å²) in [6, 6.07) is 5.21. The van der Waals surface area contributed by atoms with Crippen molar-refractivity contribution in [3.63, 3.8) is 0 Å². The minimum Gasteiger partial charge on any atom is -0.481 e. The Bertz CT molecular complexity index is 536. The highest BCUT2D eigenvalue weighted by atomic mass is 16.6. The fourth-order valence-corrected chi connectivity index (χ4v) is 2.79. The molecular formula is C15H20N2O4. The molecule has 0 aliphatic heterocycles. The van der Waals surface area contributed by atoms with Crippen LogP contribution in [0, 0.1) is 23.0 Å². The van der Waals surface area contributed by atoms with Crippen LogP contribution in [0.2, 0.25) is 0 Å². The summed E-state index contributed by atoms with van der Waals surface area (Å²) in [5.41, 5.74) is 2.05. The molecule has 0 amide bonds. The number of nitrogens with one attached hydrogen (secondary N) is 1. The number of aliphatic carboxylic acids is 1. The zero-order valence-corrected chi connectivity index (χ0v) is 12.0. The SMILES string of the molecule is Cc1cc([N+](=O)[O-])ccc1CNC1CCC(C(=O)O)CC1. The normalized spacial score (nSPS) is 22.0. The fraction of sp³-hybridized carbons (Fsp3) is 0.533. The summed E-state index contributed by atoms with van der Waals surface area (Å²) >= 11 is 0. The molecule has 6 heteroatoms. The van der Waals surface area contributed by atoms with E-state index in [0.29, 0.717) is 25.4 Å². The van der Waals surface area contributed by atoms with Gasteiger partial charge in [0.1, 0.15) is 0 Å². The number of aryl methyl sites for hydroxylation is 1. The Labute approximate surface area is 123 Å². The molecule has 0 radical (unpaired) electrons. The van der Waals surface area contributed by atoms with E-state index in [0.717, 1.165) is 24.0 Å². The molecule has 0 aromatic heterocycles. The van der Waals surface area contributed by atoms with Crippen LogP contribution in [0.3, 0.4) is 0 Å². The van der Waals surface area contributed by atoms with Crippen molar-refractivity contribution >= 4 is 11.7 Å². The molecule has 0 unspecified atom stereocenters. The summed E-state index contributed by atoms with van der Waals surface area (Å²) in [6.07, 6.45) is 3.16. The van der Waals surface area contributed by atoms with Gasteiger partial charge in [-0.3, -0.25) is 14.9 Å². The van der Waals surface area contributed by atoms with Crippen molar-refractivity contribution < 1.29 is 14.8 Å². The first-order valence-corrected chi connectivity index (χ1v) is 7.17. The molecule has 0 heterocycles. The molecule has 1 fully saturated rings. The molecule has 1 aliphatic carbocycles. The molecule has 1 aliphatic rings. The second-order valence-corrected chi connectivity index (χ2v) is 5.64. The van der Waals surface area contributed by atoms with Crippen molar-refractivity contribution in [1.29, 1.82) is 0 Å². The molecule has 21 heavy (non-hydrogen) atoms. The average molecular weight is 292 g/mol. The number of hydrogen-bond acceptors (Lipinski definition) is 4. The predicted octanol–water partition coefficient (Wildman–Crippen LogP) is 2.64. The number of nitro groups is 1. The summed E-state index contributed by atoms with van der Waals surface area (Å²) in [5, 5.41) is 23.1. The lowest BCUT2D eigenvalue weighted by molar-refractivity contribution is -0.384. The van der Waals surface area contributed by atoms with Crippen LogP contribution in [0.4, 0.5) is 5.69 Å². The minimum absolute atomic E-state index is 0.109. The molecule has 0 bridgehead atoms. The van der Waals surface area contributed by atoms with Crippen molar-refractivity contribution in [3.8, 4) is 0 Å². The largest absolute Gasteiger partial charge is 0.481 e. The number of carboxylic acids is 1. The molecule has 2 N–H and O–H groups in total. The third-order valence-electron chi connectivity index (χ3n) is 4.19. The maximum absolute atomic E-state index is 10.9. The van der Waals surface area contributed by atoms with Gasteiger partial charge in [-0.25, -0.2) is 0 Å². The molecule has 0 atom stereocenters. The lowest BCUT2D eigenvalue weighted by Crippen LogP contribution is -2.34. The summed E-state index contributed by atoms with van der Waals surface area (Å²) in [5.74, 6) is -0.899. The van der Waals surface area contributed by atoms with Crippen molar-refractivity contribution in [2.45, 2.75) is 45.2 Å². The van der Waals surface area contributed by atoms with E-state index in [4.69, 9.17) is 5.11 Å². The lowest BCUT2D eigenvalue weighted by atomic mass is 9.86. The van der Waals surface area contributed by atoms with Gasteiger partial charge < -0.3 is 10.4 Å². The number of hydrogen-bond donors (Lipinski definition) is 2. The maximum atomic E-state index is 10.9. The standard InChI is InChI=1S/C15H20N2O4/c1-10-8-14(17(20)21)7-4-12(10)9-16-13-5-2-11(3-6-13)15(18)19/h4,7-8,11,13,16H,2-3,5-6,9H2,1H3,(H,18,19). The maximum Gasteiger partial charge on any atom is 0.306 e. The molecule has 0 spiro atoms. The highest BCUT2D eigenvalue weighted by molar-refractivity contribution is 5.70. The van der Waals surface area contributed by atoms with Gasteiger partial charge in [0.2, 0.25) is 0 Å². The van der Waals surface area contributed by atoms with Crippen LogP contribution >= 0.6 is 0 Å². The minimum atomic E-state index is -0.695. The van der Waals surface area contributed by atoms with E-state index in [9.17, 15) is 14.9 Å². The van der Waals surface area contributed by atoms with E-state index < -0.39 is 10.9 Å². The first-order chi connectivity index (χ1) is 9.97. The Morgan fingerprint density at radius 2 is 2.05 bits per heavy atom. The van der Waals surface area contributed by atoms with Gasteiger partial charge >= 0.3 is 5.97 Å². The van der Waals surface area contributed by atoms with Crippen LogP contribution in [0.15, 0.2) is 18.2 Å². The van der Waals surface area contributed by atoms with E-state index in [2.05, 4.69) is 5.32 Å². The van der Waals surface area contributed by atoms with E-state index in [-0.39, 0.29) is 11.6 Å². The van der Waals surface area contributed by atoms with Gasteiger partial charge in [0.15, 0.2) is 0 Å². The number of carbonyl (C=O) groups is 1. The van der Waals surface area contributed by atoms with Gasteiger partial charge in [-0.2, -0.15) is 0 Å². The van der Waals surface area contributed by atoms with Crippen molar-refractivity contribution in [1.82, 2.24) is 5.32 Å². The first-order valence-electron chi connectivity index (χ1n) is 7.17. The highest BCUT2D eigenvalue weighted by Crippen LogP contribution is 2.25. The second-order valence-electron chi connectivity index (χ2n) is 5.64. The smallest absolute Gasteiger partial charge is 0.306 e. The van der Waals surface area contributed by atoms with Gasteiger partial charge in [-0.1, -0.05) is 6.07 Å². The van der Waals surface area contributed by atoms with Gasteiger partial charge in [0.05, 0.1) is 10.8 Å². The van der Waals surface area contributed by atoms with E-state index in [1.807, 2.05) is 6.92 Å². The second kappa shape index (κ2) is 6.67. The van der Waals surface area contributed by atoms with E-state index >= 15 is 0 Å². The van der Waals surface area contributed by atoms with Crippen LogP contribution in [-0.2, 0) is 11.3 Å². The third kappa shape index (κ3) is 4.01. The number of carboxylic acid groups (broad SMARTS) is 1. The van der Waals surface area contributed by atoms with Crippen LogP contribution in [0.25, 0.3) is 0 Å². The van der Waals surface area contributed by atoms with Gasteiger partial charge in [-0.15, -0.1) is 0 Å². The van der Waals surface area contributed by atoms with Gasteiger partial charge in [0.25, 0.3) is 5.69 Å². The number of rotatable bonds is 5. The average Bonchev–Trinajstić information content (AvgIpc) is 2.46. The number of non-ortho nitro benzene ring substituents is 1. The number of nitrogens with zero attached hydrogens (tertiary/aromatic N) is 1. The van der Waals surface area contributed by atoms with Crippen LogP contribution in [0.1, 0.15) is 36.8 Å². The number of benzene rings is 1. The van der Waals surface area contributed by atoms with Gasteiger partial charge in [0, 0.05) is 24.7 Å². The lowest BCUT2D eigenvalue weighted by Gasteiger charge is -2.27. The molecular weight excluding hydrogens is 272 g/mol. The topological polar surface area (TPSA) is 92.5 Å². The predicted molar refractivity (Wildman–Crippen MR) is 78.1 cm³/mol. The Kier molecular flexibility index (Phi) is 4.90. The van der Waals surface area contributed by atoms with Crippen LogP contribution < -0.4 is 5.32 Å². The molecule has 0 saturated heterocycles. The third-order valence-corrected chi connectivity index (χ3v) is 4.19. The number of nitro benzene ring substituents is 1. The molecule has 114 valence electrons. The van der Waals surface area contributed by atoms with Gasteiger partial charge in [-0.05, 0) is 43.7 Å². The van der Waals surface area contributed by atoms with E-state index in [1.54, 1.807) is 12.1 Å². The van der Waals surface area contributed by atoms with Crippen LogP contribution in [-0.4, -0.2) is 22.0 Å². The Hall–Kier alpha value is -1.95. The summed E-state index contributed by atoms with van der Waals surface area (Å²) in [7, 11) is 0. The monoisotopic (exact) mass is 292 g/mol. The summed E-state index contributed by atoms with van der Waals surface area (Å²) < 4.78 is 0. The van der Waals surface area contributed by atoms with Crippen molar-refractivity contribution in [3.05, 3.63) is 39.4 Å². The molecule has 1 aromatic carbocycles. The first kappa shape index (κ1) is 15.4. The summed E-state index contributed by atoms with van der Waals surface area (Å²) in [4.78, 5) is 21.2. The van der Waals surface area contributed by atoms with Crippen molar-refractivity contribution in [2.24, 2.45) is 5.92 Å². The fourth-order valence-electron chi connectivity index (χ4n) is 2.79. The summed E-state index contributed by atoms with van der Waals surface area (Å²) in [6.45, 7) is 2.53.